The van der Waals surface area contributed by atoms with Gasteiger partial charge in [-0.3, -0.25) is 4.57 Å². The molecule has 0 unspecified atom stereocenters. The first-order chi connectivity index (χ1) is 5.91. The Morgan fingerprint density at radius 1 is 1.31 bits per heavy atom. The fraction of sp³-hybridized carbons (Fsp3) is 0.143. The van der Waals surface area contributed by atoms with E-state index in [1.807, 2.05) is 0 Å². The topological polar surface area (TPSA) is 83.6 Å². The van der Waals surface area contributed by atoms with Crippen molar-refractivity contribution in [2.24, 2.45) is 5.73 Å². The summed E-state index contributed by atoms with van der Waals surface area (Å²) >= 11 is 3.21. The average Bonchev–Trinajstić information content (AvgIpc) is 2.03. The van der Waals surface area contributed by atoms with E-state index in [0.717, 1.165) is 4.47 Å². The fourth-order valence-electron chi connectivity index (χ4n) is 0.854. The molecule has 0 radical (unpaired) electrons. The summed E-state index contributed by atoms with van der Waals surface area (Å²) in [7, 11) is -4.23. The summed E-state index contributed by atoms with van der Waals surface area (Å²) in [6.07, 6.45) is 0. The lowest BCUT2D eigenvalue weighted by molar-refractivity contribution is 0.359. The number of halogens is 1. The van der Waals surface area contributed by atoms with E-state index in [-0.39, 0.29) is 0 Å². The van der Waals surface area contributed by atoms with Crippen LogP contribution in [0.5, 0.6) is 0 Å². The fourth-order valence-corrected chi connectivity index (χ4v) is 1.68. The van der Waals surface area contributed by atoms with Gasteiger partial charge in [-0.05, 0) is 17.7 Å². The summed E-state index contributed by atoms with van der Waals surface area (Å²) in [5, 5.41) is 0. The molecule has 13 heavy (non-hydrogen) atoms. The number of hydrogen-bond donors (Lipinski definition) is 3. The minimum atomic E-state index is -4.23. The van der Waals surface area contributed by atoms with E-state index in [2.05, 4.69) is 15.9 Å². The van der Waals surface area contributed by atoms with E-state index in [4.69, 9.17) is 15.5 Å². The zero-order chi connectivity index (χ0) is 10.1. The normalized spacial score (nSPS) is 14.2. The van der Waals surface area contributed by atoms with Crippen molar-refractivity contribution in [2.45, 2.75) is 5.78 Å². The quantitative estimate of drug-likeness (QED) is 0.709. The third kappa shape index (κ3) is 2.90. The van der Waals surface area contributed by atoms with Crippen LogP contribution >= 0.6 is 23.5 Å². The van der Waals surface area contributed by atoms with Crippen LogP contribution in [-0.4, -0.2) is 9.79 Å². The van der Waals surface area contributed by atoms with Crippen molar-refractivity contribution in [3.05, 3.63) is 34.3 Å². The second-order valence-electron chi connectivity index (χ2n) is 2.59. The van der Waals surface area contributed by atoms with Crippen LogP contribution in [0, 0.1) is 0 Å². The molecule has 72 valence electrons. The van der Waals surface area contributed by atoms with Crippen LogP contribution < -0.4 is 5.73 Å². The van der Waals surface area contributed by atoms with Gasteiger partial charge >= 0.3 is 7.60 Å². The summed E-state index contributed by atoms with van der Waals surface area (Å²) < 4.78 is 11.6. The molecular formula is C7H9BrNO3P. The van der Waals surface area contributed by atoms with Crippen LogP contribution in [0.15, 0.2) is 28.7 Å². The van der Waals surface area contributed by atoms with Crippen molar-refractivity contribution < 1.29 is 14.4 Å². The Hall–Kier alpha value is -0.190. The summed E-state index contributed by atoms with van der Waals surface area (Å²) in [6, 6.07) is 6.53. The molecule has 4 N–H and O–H groups in total. The number of benzene rings is 1. The Balaban J connectivity index is 2.97. The summed E-state index contributed by atoms with van der Waals surface area (Å²) in [5.41, 5.74) is 5.77. The van der Waals surface area contributed by atoms with E-state index in [1.165, 1.54) is 0 Å². The van der Waals surface area contributed by atoms with E-state index in [9.17, 15) is 4.57 Å². The second kappa shape index (κ2) is 3.90. The highest BCUT2D eigenvalue weighted by molar-refractivity contribution is 9.10. The molecule has 0 saturated heterocycles. The van der Waals surface area contributed by atoms with Gasteiger partial charge in [-0.25, -0.2) is 0 Å². The Kier molecular flexibility index (Phi) is 3.27. The molecule has 4 nitrogen and oxygen atoms in total. The van der Waals surface area contributed by atoms with Crippen molar-refractivity contribution >= 4 is 23.5 Å². The van der Waals surface area contributed by atoms with Gasteiger partial charge in [0.25, 0.3) is 0 Å². The standard InChI is InChI=1S/C7H9BrNO3P/c8-6-3-1-5(2-4-6)7(9)13(10,11)12/h1-4,7H,9H2,(H2,10,11,12)/t7-/m1/s1. The molecule has 6 heteroatoms. The molecule has 0 fully saturated rings. The molecule has 1 aromatic rings. The van der Waals surface area contributed by atoms with E-state index < -0.39 is 13.4 Å². The molecule has 0 aliphatic carbocycles. The Labute approximate surface area is 84.1 Å². The predicted octanol–water partition coefficient (Wildman–Crippen LogP) is 1.58. The molecule has 0 aliphatic rings. The summed E-state index contributed by atoms with van der Waals surface area (Å²) in [4.78, 5) is 17.6. The number of rotatable bonds is 2. The van der Waals surface area contributed by atoms with Crippen molar-refractivity contribution in [3.8, 4) is 0 Å². The van der Waals surface area contributed by atoms with Crippen LogP contribution in [0.3, 0.4) is 0 Å². The van der Waals surface area contributed by atoms with Crippen molar-refractivity contribution in [1.82, 2.24) is 0 Å². The largest absolute Gasteiger partial charge is 0.346 e. The second-order valence-corrected chi connectivity index (χ2v) is 5.24. The minimum Gasteiger partial charge on any atom is -0.323 e. The van der Waals surface area contributed by atoms with Gasteiger partial charge in [0.2, 0.25) is 0 Å². The summed E-state index contributed by atoms with van der Waals surface area (Å²) in [6.45, 7) is 0. The smallest absolute Gasteiger partial charge is 0.323 e. The minimum absolute atomic E-state index is 0.427. The first-order valence-corrected chi connectivity index (χ1v) is 5.95. The highest BCUT2D eigenvalue weighted by Gasteiger charge is 2.25. The van der Waals surface area contributed by atoms with Crippen LogP contribution in [0.25, 0.3) is 0 Å². The summed E-state index contributed by atoms with van der Waals surface area (Å²) in [5.74, 6) is -1.24. The first-order valence-electron chi connectivity index (χ1n) is 3.47. The van der Waals surface area contributed by atoms with Crippen molar-refractivity contribution in [2.75, 3.05) is 0 Å². The van der Waals surface area contributed by atoms with Crippen LogP contribution in [0.2, 0.25) is 0 Å². The molecular weight excluding hydrogens is 257 g/mol. The van der Waals surface area contributed by atoms with Crippen molar-refractivity contribution in [3.63, 3.8) is 0 Å². The molecule has 0 aliphatic heterocycles. The maximum absolute atomic E-state index is 10.8. The Bertz CT molecular complexity index is 334. The van der Waals surface area contributed by atoms with E-state index in [0.29, 0.717) is 5.56 Å². The van der Waals surface area contributed by atoms with Gasteiger partial charge in [0.1, 0.15) is 5.78 Å². The Morgan fingerprint density at radius 3 is 2.15 bits per heavy atom. The molecule has 1 rings (SSSR count). The lowest BCUT2D eigenvalue weighted by Crippen LogP contribution is -2.10. The molecule has 0 bridgehead atoms. The number of hydrogen-bond acceptors (Lipinski definition) is 2. The molecule has 1 atom stereocenters. The maximum Gasteiger partial charge on any atom is 0.346 e. The van der Waals surface area contributed by atoms with Gasteiger partial charge in [-0.15, -0.1) is 0 Å². The van der Waals surface area contributed by atoms with Crippen LogP contribution in [0.4, 0.5) is 0 Å². The Morgan fingerprint density at radius 2 is 1.77 bits per heavy atom. The van der Waals surface area contributed by atoms with Gasteiger partial charge < -0.3 is 15.5 Å². The lowest BCUT2D eigenvalue weighted by atomic mass is 10.2. The number of nitrogens with two attached hydrogens (primary N) is 1. The SMILES string of the molecule is N[C@@H](c1ccc(Br)cc1)P(=O)(O)O. The van der Waals surface area contributed by atoms with Crippen LogP contribution in [-0.2, 0) is 4.57 Å². The predicted molar refractivity (Wildman–Crippen MR) is 53.1 cm³/mol. The highest BCUT2D eigenvalue weighted by Crippen LogP contribution is 2.47. The van der Waals surface area contributed by atoms with Gasteiger partial charge in [-0.1, -0.05) is 28.1 Å². The molecule has 0 heterocycles. The van der Waals surface area contributed by atoms with Gasteiger partial charge in [0, 0.05) is 4.47 Å². The van der Waals surface area contributed by atoms with Gasteiger partial charge in [0.15, 0.2) is 0 Å². The monoisotopic (exact) mass is 265 g/mol. The lowest BCUT2D eigenvalue weighted by Gasteiger charge is -2.13. The highest BCUT2D eigenvalue weighted by atomic mass is 79.9. The van der Waals surface area contributed by atoms with Gasteiger partial charge in [0.05, 0.1) is 0 Å². The average molecular weight is 266 g/mol. The molecule has 0 saturated carbocycles. The van der Waals surface area contributed by atoms with Crippen molar-refractivity contribution in [1.29, 1.82) is 0 Å². The maximum atomic E-state index is 10.8. The molecule has 0 aromatic heterocycles. The zero-order valence-corrected chi connectivity index (χ0v) is 9.07. The third-order valence-corrected chi connectivity index (χ3v) is 3.13. The molecule has 1 aromatic carbocycles. The first kappa shape index (κ1) is 10.9. The van der Waals surface area contributed by atoms with E-state index in [1.54, 1.807) is 24.3 Å². The van der Waals surface area contributed by atoms with Crippen LogP contribution in [0.1, 0.15) is 11.3 Å². The van der Waals surface area contributed by atoms with E-state index >= 15 is 0 Å². The molecule has 0 amide bonds. The third-order valence-electron chi connectivity index (χ3n) is 1.57. The molecule has 0 spiro atoms. The zero-order valence-electron chi connectivity index (χ0n) is 6.59. The van der Waals surface area contributed by atoms with Gasteiger partial charge in [-0.2, -0.15) is 0 Å².